The second-order valence-corrected chi connectivity index (χ2v) is 7.24. The molecule has 0 saturated heterocycles. The number of halogens is 1. The van der Waals surface area contributed by atoms with Crippen LogP contribution in [0.15, 0.2) is 53.0 Å². The molecular formula is C19H16FNO2S. The monoisotopic (exact) mass is 341 g/mol. The Hall–Kier alpha value is -2.27. The summed E-state index contributed by atoms with van der Waals surface area (Å²) in [7, 11) is 0. The molecule has 0 spiro atoms. The zero-order chi connectivity index (χ0) is 16.7. The van der Waals surface area contributed by atoms with Crippen molar-refractivity contribution in [1.29, 1.82) is 0 Å². The lowest BCUT2D eigenvalue weighted by atomic mass is 9.74. The van der Waals surface area contributed by atoms with E-state index in [9.17, 15) is 14.0 Å². The Morgan fingerprint density at radius 2 is 1.88 bits per heavy atom. The number of Topliss-reactive ketones (excluding diaryl/α,β-unsaturated/α-hetero) is 1. The van der Waals surface area contributed by atoms with Crippen LogP contribution in [-0.4, -0.2) is 11.7 Å². The van der Waals surface area contributed by atoms with Crippen LogP contribution in [0.5, 0.6) is 0 Å². The summed E-state index contributed by atoms with van der Waals surface area (Å²) in [4.78, 5) is 26.1. The van der Waals surface area contributed by atoms with Gasteiger partial charge in [-0.25, -0.2) is 4.39 Å². The molecule has 1 aliphatic carbocycles. The summed E-state index contributed by atoms with van der Waals surface area (Å²) in [6.45, 7) is 0. The Kier molecular flexibility index (Phi) is 3.81. The van der Waals surface area contributed by atoms with Crippen molar-refractivity contribution in [2.24, 2.45) is 0 Å². The van der Waals surface area contributed by atoms with E-state index in [1.807, 2.05) is 17.5 Å². The Morgan fingerprint density at radius 1 is 1.04 bits per heavy atom. The minimum Gasteiger partial charge on any atom is -0.329 e. The Labute approximate surface area is 143 Å². The second-order valence-electron chi connectivity index (χ2n) is 6.26. The summed E-state index contributed by atoms with van der Waals surface area (Å²) < 4.78 is 14.2. The van der Waals surface area contributed by atoms with Crippen molar-refractivity contribution in [2.45, 2.75) is 31.1 Å². The van der Waals surface area contributed by atoms with Crippen LogP contribution in [0, 0.1) is 5.82 Å². The van der Waals surface area contributed by atoms with Gasteiger partial charge >= 0.3 is 0 Å². The maximum Gasteiger partial charge on any atom is 0.225 e. The topological polar surface area (TPSA) is 46.2 Å². The van der Waals surface area contributed by atoms with E-state index in [1.54, 1.807) is 29.5 Å². The van der Waals surface area contributed by atoms with Crippen molar-refractivity contribution in [3.63, 3.8) is 0 Å². The summed E-state index contributed by atoms with van der Waals surface area (Å²) in [5.41, 5.74) is 1.70. The van der Waals surface area contributed by atoms with Gasteiger partial charge in [0.25, 0.3) is 0 Å². The molecule has 4 rings (SSSR count). The first-order valence-electron chi connectivity index (χ1n) is 7.97. The minimum atomic E-state index is -0.480. The molecule has 0 radical (unpaired) electrons. The zero-order valence-electron chi connectivity index (χ0n) is 12.9. The number of benzene rings is 1. The molecule has 5 heteroatoms. The number of rotatable bonds is 2. The molecule has 2 unspecified atom stereocenters. The molecule has 1 amide bonds. The first-order chi connectivity index (χ1) is 11.6. The van der Waals surface area contributed by atoms with Crippen LogP contribution in [0.25, 0.3) is 0 Å². The molecule has 1 aliphatic heterocycles. The van der Waals surface area contributed by atoms with E-state index in [1.165, 1.54) is 6.07 Å². The Bertz CT molecular complexity index is 841. The molecular weight excluding hydrogens is 325 g/mol. The molecule has 2 aromatic rings. The molecule has 0 saturated carbocycles. The Morgan fingerprint density at radius 3 is 2.62 bits per heavy atom. The zero-order valence-corrected chi connectivity index (χ0v) is 13.7. The van der Waals surface area contributed by atoms with Crippen molar-refractivity contribution in [2.75, 3.05) is 0 Å². The van der Waals surface area contributed by atoms with Crippen LogP contribution in [0.4, 0.5) is 4.39 Å². The highest BCUT2D eigenvalue weighted by molar-refractivity contribution is 7.10. The number of ketones is 1. The van der Waals surface area contributed by atoms with Crippen molar-refractivity contribution in [3.05, 3.63) is 69.3 Å². The highest BCUT2D eigenvalue weighted by atomic mass is 32.1. The number of hydrogen-bond donors (Lipinski definition) is 1. The van der Waals surface area contributed by atoms with E-state index in [0.29, 0.717) is 29.7 Å². The lowest BCUT2D eigenvalue weighted by Gasteiger charge is -2.34. The first kappa shape index (κ1) is 15.3. The molecule has 0 bridgehead atoms. The molecule has 1 N–H and O–H groups in total. The van der Waals surface area contributed by atoms with Gasteiger partial charge in [-0.05, 0) is 29.5 Å². The van der Waals surface area contributed by atoms with Crippen molar-refractivity contribution >= 4 is 23.0 Å². The number of carbonyl (C=O) groups is 2. The number of nitrogens with one attached hydrogen (secondary N) is 1. The van der Waals surface area contributed by atoms with Crippen LogP contribution in [0.3, 0.4) is 0 Å². The van der Waals surface area contributed by atoms with Gasteiger partial charge in [-0.2, -0.15) is 0 Å². The third kappa shape index (κ3) is 2.59. The van der Waals surface area contributed by atoms with Crippen molar-refractivity contribution in [1.82, 2.24) is 5.32 Å². The number of allylic oxidation sites excluding steroid dienone is 2. The third-order valence-corrected chi connectivity index (χ3v) is 5.80. The van der Waals surface area contributed by atoms with E-state index in [0.717, 1.165) is 4.88 Å². The fourth-order valence-corrected chi connectivity index (χ4v) is 4.54. The molecule has 122 valence electrons. The minimum absolute atomic E-state index is 0.0166. The van der Waals surface area contributed by atoms with Gasteiger partial charge in [0.2, 0.25) is 5.91 Å². The average molecular weight is 341 g/mol. The van der Waals surface area contributed by atoms with Gasteiger partial charge in [-0.1, -0.05) is 24.3 Å². The van der Waals surface area contributed by atoms with Crippen LogP contribution < -0.4 is 5.32 Å². The molecule has 1 aromatic heterocycles. The standard InChI is InChI=1S/C19H16FNO2S/c20-14-5-2-1-4-12(14)13-10-18(23)21-15-8-11(9-16(22)19(13)15)17-6-3-7-24-17/h1-7,11,13H,8-10H2,(H,21,23). The van der Waals surface area contributed by atoms with E-state index in [4.69, 9.17) is 0 Å². The maximum absolute atomic E-state index is 14.2. The SMILES string of the molecule is O=C1CC(c2ccccc2F)C2=C(CC(c3cccs3)CC2=O)N1. The maximum atomic E-state index is 14.2. The predicted molar refractivity (Wildman–Crippen MR) is 90.2 cm³/mol. The fraction of sp³-hybridized carbons (Fsp3) is 0.263. The number of amides is 1. The molecule has 1 aromatic carbocycles. The summed E-state index contributed by atoms with van der Waals surface area (Å²) >= 11 is 1.62. The number of thiophene rings is 1. The highest BCUT2D eigenvalue weighted by Gasteiger charge is 2.39. The Balaban J connectivity index is 1.76. The van der Waals surface area contributed by atoms with Gasteiger partial charge in [0.05, 0.1) is 0 Å². The van der Waals surface area contributed by atoms with Gasteiger partial charge < -0.3 is 5.32 Å². The second kappa shape index (κ2) is 5.98. The number of carbonyl (C=O) groups excluding carboxylic acids is 2. The molecule has 2 aliphatic rings. The highest BCUT2D eigenvalue weighted by Crippen LogP contribution is 2.43. The van der Waals surface area contributed by atoms with Crippen LogP contribution in [0.2, 0.25) is 0 Å². The van der Waals surface area contributed by atoms with Crippen LogP contribution >= 0.6 is 11.3 Å². The summed E-state index contributed by atoms with van der Waals surface area (Å²) in [5, 5.41) is 4.85. The molecule has 2 atom stereocenters. The summed E-state index contributed by atoms with van der Waals surface area (Å²) in [6.07, 6.45) is 1.16. The van der Waals surface area contributed by atoms with Crippen molar-refractivity contribution in [3.8, 4) is 0 Å². The smallest absolute Gasteiger partial charge is 0.225 e. The van der Waals surface area contributed by atoms with Gasteiger partial charge in [-0.15, -0.1) is 11.3 Å². The third-order valence-electron chi connectivity index (χ3n) is 4.76. The van der Waals surface area contributed by atoms with Crippen LogP contribution in [0.1, 0.15) is 41.5 Å². The molecule has 24 heavy (non-hydrogen) atoms. The normalized spacial score (nSPS) is 23.9. The summed E-state index contributed by atoms with van der Waals surface area (Å²) in [5.74, 6) is -0.885. The number of hydrogen-bond acceptors (Lipinski definition) is 3. The predicted octanol–water partition coefficient (Wildman–Crippen LogP) is 3.89. The van der Waals surface area contributed by atoms with E-state index in [-0.39, 0.29) is 29.8 Å². The van der Waals surface area contributed by atoms with E-state index in [2.05, 4.69) is 5.32 Å². The van der Waals surface area contributed by atoms with Crippen molar-refractivity contribution < 1.29 is 14.0 Å². The quantitative estimate of drug-likeness (QED) is 0.901. The average Bonchev–Trinajstić information content (AvgIpc) is 3.08. The van der Waals surface area contributed by atoms with Gasteiger partial charge in [-0.3, -0.25) is 9.59 Å². The van der Waals surface area contributed by atoms with Gasteiger partial charge in [0, 0.05) is 40.8 Å². The van der Waals surface area contributed by atoms with Crippen LogP contribution in [-0.2, 0) is 9.59 Å². The molecule has 0 fully saturated rings. The van der Waals surface area contributed by atoms with E-state index >= 15 is 0 Å². The van der Waals surface area contributed by atoms with Gasteiger partial charge in [0.1, 0.15) is 5.82 Å². The molecule has 2 heterocycles. The molecule has 3 nitrogen and oxygen atoms in total. The first-order valence-corrected chi connectivity index (χ1v) is 8.85. The lowest BCUT2D eigenvalue weighted by Crippen LogP contribution is -2.38. The lowest BCUT2D eigenvalue weighted by molar-refractivity contribution is -0.122. The van der Waals surface area contributed by atoms with E-state index < -0.39 is 5.92 Å². The largest absolute Gasteiger partial charge is 0.329 e. The fourth-order valence-electron chi connectivity index (χ4n) is 3.71. The summed E-state index contributed by atoms with van der Waals surface area (Å²) in [6, 6.07) is 10.4. The van der Waals surface area contributed by atoms with Gasteiger partial charge in [0.15, 0.2) is 5.78 Å².